The molecular weight excluding hydrogens is 244 g/mol. The summed E-state index contributed by atoms with van der Waals surface area (Å²) in [6.45, 7) is 9.93. The fourth-order valence-corrected chi connectivity index (χ4v) is 3.13. The highest BCUT2D eigenvalue weighted by atomic mass is 32.1. The molecule has 1 unspecified atom stereocenters. The maximum atomic E-state index is 4.63. The molecule has 5 heteroatoms. The molecule has 0 bridgehead atoms. The van der Waals surface area contributed by atoms with Crippen LogP contribution in [0.25, 0.3) is 0 Å². The molecule has 0 aliphatic carbocycles. The van der Waals surface area contributed by atoms with Crippen LogP contribution in [0.5, 0.6) is 0 Å². The Hall–Kier alpha value is -0.680. The topological polar surface area (TPSA) is 41.1 Å². The molecule has 0 amide bonds. The minimum Gasteiger partial charge on any atom is -0.345 e. The van der Waals surface area contributed by atoms with Gasteiger partial charge < -0.3 is 10.2 Å². The van der Waals surface area contributed by atoms with Crippen molar-refractivity contribution in [1.82, 2.24) is 14.7 Å². The van der Waals surface area contributed by atoms with Gasteiger partial charge in [0.25, 0.3) is 0 Å². The quantitative estimate of drug-likeness (QED) is 0.859. The lowest BCUT2D eigenvalue weighted by Crippen LogP contribution is -2.39. The third-order valence-corrected chi connectivity index (χ3v) is 4.05. The Labute approximate surface area is 114 Å². The summed E-state index contributed by atoms with van der Waals surface area (Å²) in [6, 6.07) is 0.623. The molecule has 0 saturated carbocycles. The predicted octanol–water partition coefficient (Wildman–Crippen LogP) is 2.31. The zero-order chi connectivity index (χ0) is 13.0. The molecule has 1 aliphatic heterocycles. The second kappa shape index (κ2) is 6.48. The lowest BCUT2D eigenvalue weighted by Gasteiger charge is -2.26. The molecule has 1 saturated heterocycles. The van der Waals surface area contributed by atoms with Gasteiger partial charge in [-0.3, -0.25) is 0 Å². The van der Waals surface area contributed by atoms with Crippen molar-refractivity contribution < 1.29 is 0 Å². The van der Waals surface area contributed by atoms with Crippen molar-refractivity contribution in [1.29, 1.82) is 0 Å². The van der Waals surface area contributed by atoms with Gasteiger partial charge in [-0.05, 0) is 25.3 Å². The minimum absolute atomic E-state index is 0.623. The van der Waals surface area contributed by atoms with Crippen LogP contribution in [0.4, 0.5) is 5.13 Å². The third kappa shape index (κ3) is 3.65. The summed E-state index contributed by atoms with van der Waals surface area (Å²) in [5.74, 6) is 1.63. The van der Waals surface area contributed by atoms with E-state index in [1.807, 2.05) is 0 Å². The van der Waals surface area contributed by atoms with Gasteiger partial charge in [0.15, 0.2) is 0 Å². The van der Waals surface area contributed by atoms with E-state index >= 15 is 0 Å². The zero-order valence-electron chi connectivity index (χ0n) is 11.6. The van der Waals surface area contributed by atoms with Crippen molar-refractivity contribution in [2.24, 2.45) is 5.92 Å². The Kier molecular flexibility index (Phi) is 4.95. The van der Waals surface area contributed by atoms with Crippen LogP contribution in [0.15, 0.2) is 0 Å². The van der Waals surface area contributed by atoms with Crippen LogP contribution in [0.1, 0.15) is 39.4 Å². The number of nitrogens with one attached hydrogen (secondary N) is 1. The molecule has 4 nitrogen and oxygen atoms in total. The highest BCUT2D eigenvalue weighted by Gasteiger charge is 2.21. The molecule has 1 aliphatic rings. The van der Waals surface area contributed by atoms with Gasteiger partial charge in [-0.2, -0.15) is 4.37 Å². The van der Waals surface area contributed by atoms with E-state index in [2.05, 4.69) is 40.3 Å². The van der Waals surface area contributed by atoms with Gasteiger partial charge >= 0.3 is 0 Å². The molecule has 0 spiro atoms. The Bertz CT molecular complexity index is 358. The van der Waals surface area contributed by atoms with Gasteiger partial charge in [-0.15, -0.1) is 0 Å². The molecule has 1 N–H and O–H groups in total. The van der Waals surface area contributed by atoms with E-state index in [1.54, 1.807) is 11.5 Å². The Morgan fingerprint density at radius 1 is 1.50 bits per heavy atom. The molecule has 1 aromatic rings. The number of aromatic nitrogens is 2. The first-order chi connectivity index (χ1) is 8.69. The zero-order valence-corrected chi connectivity index (χ0v) is 12.5. The van der Waals surface area contributed by atoms with E-state index in [-0.39, 0.29) is 0 Å². The van der Waals surface area contributed by atoms with Crippen LogP contribution >= 0.6 is 11.5 Å². The number of rotatable bonds is 6. The fraction of sp³-hybridized carbons (Fsp3) is 0.846. The van der Waals surface area contributed by atoms with Crippen molar-refractivity contribution in [3.63, 3.8) is 0 Å². The molecule has 1 aromatic heterocycles. The van der Waals surface area contributed by atoms with E-state index in [4.69, 9.17) is 0 Å². The molecule has 102 valence electrons. The summed E-state index contributed by atoms with van der Waals surface area (Å²) in [5, 5.41) is 4.66. The van der Waals surface area contributed by atoms with Crippen LogP contribution < -0.4 is 10.2 Å². The minimum atomic E-state index is 0.623. The maximum Gasteiger partial charge on any atom is 0.205 e. The van der Waals surface area contributed by atoms with Crippen molar-refractivity contribution in [2.75, 3.05) is 24.5 Å². The molecule has 1 fully saturated rings. The van der Waals surface area contributed by atoms with Gasteiger partial charge in [0.2, 0.25) is 5.13 Å². The summed E-state index contributed by atoms with van der Waals surface area (Å²) < 4.78 is 4.41. The largest absolute Gasteiger partial charge is 0.345 e. The van der Waals surface area contributed by atoms with E-state index in [9.17, 15) is 0 Å². The average Bonchev–Trinajstić information content (AvgIpc) is 2.98. The molecule has 2 heterocycles. The predicted molar refractivity (Wildman–Crippen MR) is 77.4 cm³/mol. The average molecular weight is 268 g/mol. The first kappa shape index (κ1) is 13.7. The molecular formula is C13H24N4S. The monoisotopic (exact) mass is 268 g/mol. The normalized spacial score (nSPS) is 19.7. The Morgan fingerprint density at radius 2 is 2.33 bits per heavy atom. The lowest BCUT2D eigenvalue weighted by molar-refractivity contribution is 0.540. The summed E-state index contributed by atoms with van der Waals surface area (Å²) in [7, 11) is 0. The molecule has 1 atom stereocenters. The summed E-state index contributed by atoms with van der Waals surface area (Å²) in [4.78, 5) is 7.04. The summed E-state index contributed by atoms with van der Waals surface area (Å²) in [5.41, 5.74) is 0. The number of anilines is 1. The van der Waals surface area contributed by atoms with Crippen molar-refractivity contribution >= 4 is 16.7 Å². The highest BCUT2D eigenvalue weighted by molar-refractivity contribution is 7.09. The molecule has 18 heavy (non-hydrogen) atoms. The van der Waals surface area contributed by atoms with Gasteiger partial charge in [-0.1, -0.05) is 20.8 Å². The van der Waals surface area contributed by atoms with Crippen LogP contribution in [0.3, 0.4) is 0 Å². The standard InChI is InChI=1S/C13H24N4S/c1-4-12-15-13(18-16-12)17(8-10(2)3)9-11-6-5-7-14-11/h10-11,14H,4-9H2,1-3H3. The van der Waals surface area contributed by atoms with Crippen molar-refractivity contribution in [3.05, 3.63) is 5.82 Å². The van der Waals surface area contributed by atoms with Crippen molar-refractivity contribution in [2.45, 2.75) is 46.1 Å². The van der Waals surface area contributed by atoms with Crippen LogP contribution in [0, 0.1) is 5.92 Å². The van der Waals surface area contributed by atoms with Gasteiger partial charge in [0.05, 0.1) is 0 Å². The molecule has 0 radical (unpaired) electrons. The first-order valence-corrected chi connectivity index (χ1v) is 7.77. The molecule has 2 rings (SSSR count). The van der Waals surface area contributed by atoms with Crippen LogP contribution in [-0.2, 0) is 6.42 Å². The number of hydrogen-bond donors (Lipinski definition) is 1. The van der Waals surface area contributed by atoms with E-state index in [0.717, 1.165) is 37.0 Å². The number of nitrogens with zero attached hydrogens (tertiary/aromatic N) is 3. The fourth-order valence-electron chi connectivity index (χ4n) is 2.37. The van der Waals surface area contributed by atoms with Crippen LogP contribution in [0.2, 0.25) is 0 Å². The third-order valence-electron chi connectivity index (χ3n) is 3.23. The number of hydrogen-bond acceptors (Lipinski definition) is 5. The van der Waals surface area contributed by atoms with E-state index in [0.29, 0.717) is 12.0 Å². The van der Waals surface area contributed by atoms with Crippen molar-refractivity contribution in [3.8, 4) is 0 Å². The first-order valence-electron chi connectivity index (χ1n) is 7.00. The maximum absolute atomic E-state index is 4.63. The Morgan fingerprint density at radius 3 is 2.89 bits per heavy atom. The van der Waals surface area contributed by atoms with E-state index < -0.39 is 0 Å². The van der Waals surface area contributed by atoms with Crippen LogP contribution in [-0.4, -0.2) is 35.0 Å². The lowest BCUT2D eigenvalue weighted by atomic mass is 10.2. The second-order valence-electron chi connectivity index (χ2n) is 5.44. The van der Waals surface area contributed by atoms with Gasteiger partial charge in [0.1, 0.15) is 5.82 Å². The van der Waals surface area contributed by atoms with Gasteiger partial charge in [-0.25, -0.2) is 4.98 Å². The SMILES string of the molecule is CCc1nsc(N(CC(C)C)CC2CCCN2)n1. The van der Waals surface area contributed by atoms with E-state index in [1.165, 1.54) is 12.8 Å². The molecule has 0 aromatic carbocycles. The Balaban J connectivity index is 2.03. The smallest absolute Gasteiger partial charge is 0.205 e. The highest BCUT2D eigenvalue weighted by Crippen LogP contribution is 2.20. The van der Waals surface area contributed by atoms with Gasteiger partial charge in [0, 0.05) is 37.1 Å². The summed E-state index contributed by atoms with van der Waals surface area (Å²) in [6.07, 6.45) is 3.51. The summed E-state index contributed by atoms with van der Waals surface area (Å²) >= 11 is 1.54. The number of aryl methyl sites for hydroxylation is 1. The second-order valence-corrected chi connectivity index (χ2v) is 6.17.